The van der Waals surface area contributed by atoms with Gasteiger partial charge in [-0.2, -0.15) is 0 Å². The topological polar surface area (TPSA) is 71.1 Å². The Kier molecular flexibility index (Phi) is 5.50. The van der Waals surface area contributed by atoms with Gasteiger partial charge in [-0.25, -0.2) is 4.98 Å². The minimum Gasteiger partial charge on any atom is -0.317 e. The standard InChI is InChI=1S/C17H21N3O2S/c1-5-12-8-7-9-13(6-2)14(12)19-15(21)16(22)20-17-18-10(3)11(4)23-17/h7-9H,5-6H2,1-4H3,(H,19,21)(H,18,20,22). The molecule has 23 heavy (non-hydrogen) atoms. The lowest BCUT2D eigenvalue weighted by atomic mass is 10.0. The Morgan fingerprint density at radius 1 is 1.04 bits per heavy atom. The van der Waals surface area contributed by atoms with E-state index in [1.807, 2.05) is 45.9 Å². The molecule has 1 aromatic heterocycles. The molecule has 5 nitrogen and oxygen atoms in total. The van der Waals surface area contributed by atoms with Crippen LogP contribution in [0.4, 0.5) is 10.8 Å². The van der Waals surface area contributed by atoms with E-state index in [2.05, 4.69) is 15.6 Å². The highest BCUT2D eigenvalue weighted by molar-refractivity contribution is 7.15. The second-order valence-electron chi connectivity index (χ2n) is 5.23. The van der Waals surface area contributed by atoms with Crippen molar-refractivity contribution in [2.24, 2.45) is 0 Å². The van der Waals surface area contributed by atoms with Crippen LogP contribution in [0, 0.1) is 13.8 Å². The first-order chi connectivity index (χ1) is 11.0. The molecule has 2 N–H and O–H groups in total. The van der Waals surface area contributed by atoms with Crippen LogP contribution >= 0.6 is 11.3 Å². The third-order valence-corrected chi connectivity index (χ3v) is 4.68. The number of para-hydroxylation sites is 1. The third kappa shape index (κ3) is 3.96. The summed E-state index contributed by atoms with van der Waals surface area (Å²) in [6.45, 7) is 7.83. The zero-order valence-electron chi connectivity index (χ0n) is 13.8. The average Bonchev–Trinajstić information content (AvgIpc) is 2.85. The summed E-state index contributed by atoms with van der Waals surface area (Å²) in [4.78, 5) is 29.5. The third-order valence-electron chi connectivity index (χ3n) is 3.69. The number of benzene rings is 1. The van der Waals surface area contributed by atoms with Crippen molar-refractivity contribution in [1.82, 2.24) is 4.98 Å². The van der Waals surface area contributed by atoms with Crippen LogP contribution in [-0.4, -0.2) is 16.8 Å². The molecule has 1 aromatic carbocycles. The van der Waals surface area contributed by atoms with Crippen LogP contribution in [0.15, 0.2) is 18.2 Å². The normalized spacial score (nSPS) is 10.4. The van der Waals surface area contributed by atoms with Crippen LogP contribution in [-0.2, 0) is 22.4 Å². The number of aromatic nitrogens is 1. The van der Waals surface area contributed by atoms with E-state index in [1.165, 1.54) is 11.3 Å². The Morgan fingerprint density at radius 3 is 2.09 bits per heavy atom. The molecule has 0 aliphatic heterocycles. The van der Waals surface area contributed by atoms with Gasteiger partial charge in [0.05, 0.1) is 5.69 Å². The van der Waals surface area contributed by atoms with Gasteiger partial charge in [0.15, 0.2) is 5.13 Å². The van der Waals surface area contributed by atoms with E-state index in [0.29, 0.717) is 5.13 Å². The maximum atomic E-state index is 12.2. The number of anilines is 2. The van der Waals surface area contributed by atoms with E-state index < -0.39 is 11.8 Å². The zero-order valence-corrected chi connectivity index (χ0v) is 14.6. The predicted molar refractivity (Wildman–Crippen MR) is 94.0 cm³/mol. The van der Waals surface area contributed by atoms with Crippen molar-refractivity contribution < 1.29 is 9.59 Å². The van der Waals surface area contributed by atoms with Gasteiger partial charge < -0.3 is 5.32 Å². The van der Waals surface area contributed by atoms with Gasteiger partial charge >= 0.3 is 11.8 Å². The Balaban J connectivity index is 2.14. The number of hydrogen-bond acceptors (Lipinski definition) is 4. The molecular weight excluding hydrogens is 310 g/mol. The highest BCUT2D eigenvalue weighted by Crippen LogP contribution is 2.23. The summed E-state index contributed by atoms with van der Waals surface area (Å²) in [6, 6.07) is 5.88. The lowest BCUT2D eigenvalue weighted by Gasteiger charge is -2.13. The first kappa shape index (κ1) is 17.1. The highest BCUT2D eigenvalue weighted by atomic mass is 32.1. The molecule has 0 atom stereocenters. The molecule has 0 fully saturated rings. The van der Waals surface area contributed by atoms with Gasteiger partial charge in [0.25, 0.3) is 0 Å². The summed E-state index contributed by atoms with van der Waals surface area (Å²) in [5.74, 6) is -1.38. The molecule has 0 aliphatic rings. The van der Waals surface area contributed by atoms with Gasteiger partial charge in [-0.15, -0.1) is 11.3 Å². The second-order valence-corrected chi connectivity index (χ2v) is 6.43. The molecule has 0 spiro atoms. The van der Waals surface area contributed by atoms with E-state index in [0.717, 1.165) is 40.2 Å². The lowest BCUT2D eigenvalue weighted by Crippen LogP contribution is -2.29. The van der Waals surface area contributed by atoms with Crippen LogP contribution in [0.25, 0.3) is 0 Å². The fourth-order valence-electron chi connectivity index (χ4n) is 2.25. The van der Waals surface area contributed by atoms with E-state index in [9.17, 15) is 9.59 Å². The molecule has 6 heteroatoms. The first-order valence-electron chi connectivity index (χ1n) is 7.63. The predicted octanol–water partition coefficient (Wildman–Crippen LogP) is 3.46. The zero-order chi connectivity index (χ0) is 17.0. The fourth-order valence-corrected chi connectivity index (χ4v) is 3.06. The van der Waals surface area contributed by atoms with Gasteiger partial charge in [-0.1, -0.05) is 32.0 Å². The summed E-state index contributed by atoms with van der Waals surface area (Å²) in [7, 11) is 0. The van der Waals surface area contributed by atoms with Crippen LogP contribution in [0.1, 0.15) is 35.5 Å². The molecule has 0 aliphatic carbocycles. The Morgan fingerprint density at radius 2 is 1.61 bits per heavy atom. The number of carbonyl (C=O) groups is 2. The van der Waals surface area contributed by atoms with Crippen molar-refractivity contribution in [2.45, 2.75) is 40.5 Å². The van der Waals surface area contributed by atoms with E-state index in [4.69, 9.17) is 0 Å². The number of thiazole rings is 1. The van der Waals surface area contributed by atoms with Gasteiger partial charge in [0.1, 0.15) is 0 Å². The average molecular weight is 331 g/mol. The molecule has 0 bridgehead atoms. The first-order valence-corrected chi connectivity index (χ1v) is 8.45. The number of nitrogens with one attached hydrogen (secondary N) is 2. The van der Waals surface area contributed by atoms with Gasteiger partial charge in [0, 0.05) is 10.6 Å². The molecule has 0 unspecified atom stereocenters. The molecule has 2 aromatic rings. The van der Waals surface area contributed by atoms with Crippen LogP contribution in [0.2, 0.25) is 0 Å². The SMILES string of the molecule is CCc1cccc(CC)c1NC(=O)C(=O)Nc1nc(C)c(C)s1. The fraction of sp³-hybridized carbons (Fsp3) is 0.353. The maximum Gasteiger partial charge on any atom is 0.315 e. The summed E-state index contributed by atoms with van der Waals surface area (Å²) in [5.41, 5.74) is 3.64. The second kappa shape index (κ2) is 7.37. The summed E-state index contributed by atoms with van der Waals surface area (Å²) in [5, 5.41) is 5.75. The van der Waals surface area contributed by atoms with Crippen LogP contribution in [0.5, 0.6) is 0 Å². The molecule has 0 radical (unpaired) electrons. The van der Waals surface area contributed by atoms with Gasteiger partial charge in [0.2, 0.25) is 0 Å². The van der Waals surface area contributed by atoms with Crippen molar-refractivity contribution in [3.63, 3.8) is 0 Å². The van der Waals surface area contributed by atoms with Crippen LogP contribution in [0.3, 0.4) is 0 Å². The quantitative estimate of drug-likeness (QED) is 0.843. The number of aryl methyl sites for hydroxylation is 4. The number of hydrogen-bond donors (Lipinski definition) is 2. The van der Waals surface area contributed by atoms with Crippen molar-refractivity contribution in [1.29, 1.82) is 0 Å². The minimum absolute atomic E-state index is 0.444. The Labute approximate surface area is 140 Å². The molecular formula is C17H21N3O2S. The number of nitrogens with zero attached hydrogens (tertiary/aromatic N) is 1. The number of carbonyl (C=O) groups excluding carboxylic acids is 2. The van der Waals surface area contributed by atoms with Crippen molar-refractivity contribution in [3.05, 3.63) is 39.9 Å². The van der Waals surface area contributed by atoms with Gasteiger partial charge in [-0.3, -0.25) is 14.9 Å². The highest BCUT2D eigenvalue weighted by Gasteiger charge is 2.18. The monoisotopic (exact) mass is 331 g/mol. The Bertz CT molecular complexity index is 696. The summed E-state index contributed by atoms with van der Waals surface area (Å²) < 4.78 is 0. The van der Waals surface area contributed by atoms with E-state index in [1.54, 1.807) is 0 Å². The van der Waals surface area contributed by atoms with Crippen LogP contribution < -0.4 is 10.6 Å². The minimum atomic E-state index is -0.702. The largest absolute Gasteiger partial charge is 0.317 e. The number of rotatable bonds is 4. The van der Waals surface area contributed by atoms with Crippen molar-refractivity contribution in [2.75, 3.05) is 10.6 Å². The van der Waals surface area contributed by atoms with Gasteiger partial charge in [-0.05, 0) is 37.8 Å². The maximum absolute atomic E-state index is 12.2. The lowest BCUT2D eigenvalue weighted by molar-refractivity contribution is -0.133. The van der Waals surface area contributed by atoms with Crippen molar-refractivity contribution in [3.8, 4) is 0 Å². The smallest absolute Gasteiger partial charge is 0.315 e. The Hall–Kier alpha value is -2.21. The molecule has 2 rings (SSSR count). The molecule has 2 amide bonds. The van der Waals surface area contributed by atoms with Crippen molar-refractivity contribution >= 4 is 34.0 Å². The molecule has 0 saturated carbocycles. The molecule has 122 valence electrons. The van der Waals surface area contributed by atoms with E-state index in [-0.39, 0.29) is 0 Å². The summed E-state index contributed by atoms with van der Waals surface area (Å²) in [6.07, 6.45) is 1.58. The number of amides is 2. The van der Waals surface area contributed by atoms with E-state index >= 15 is 0 Å². The molecule has 0 saturated heterocycles. The summed E-state index contributed by atoms with van der Waals surface area (Å²) >= 11 is 1.36. The molecule has 1 heterocycles.